The molecule has 0 aliphatic heterocycles. The summed E-state index contributed by atoms with van der Waals surface area (Å²) < 4.78 is 18.5. The summed E-state index contributed by atoms with van der Waals surface area (Å²) in [4.78, 5) is 23.7. The molecule has 0 spiro atoms. The van der Waals surface area contributed by atoms with Crippen molar-refractivity contribution in [3.63, 3.8) is 0 Å². The number of halogens is 1. The van der Waals surface area contributed by atoms with E-state index in [0.717, 1.165) is 17.5 Å². The second-order valence-corrected chi connectivity index (χ2v) is 6.24. The van der Waals surface area contributed by atoms with E-state index in [0.29, 0.717) is 25.1 Å². The third-order valence-corrected chi connectivity index (χ3v) is 4.03. The summed E-state index contributed by atoms with van der Waals surface area (Å²) in [5.74, 6) is -0.386. The SMILES string of the molecule is CCCC(=O)Nc1cccc(CNC(=O)CCc2ccc(OC)c(F)c2)c1. The molecule has 2 aromatic rings. The van der Waals surface area contributed by atoms with Gasteiger partial charge in [-0.15, -0.1) is 0 Å². The highest BCUT2D eigenvalue weighted by atomic mass is 19.1. The van der Waals surface area contributed by atoms with E-state index in [1.54, 1.807) is 12.1 Å². The fourth-order valence-corrected chi connectivity index (χ4v) is 2.62. The largest absolute Gasteiger partial charge is 0.494 e. The van der Waals surface area contributed by atoms with Crippen molar-refractivity contribution in [3.05, 3.63) is 59.4 Å². The minimum absolute atomic E-state index is 0.0228. The molecule has 0 saturated heterocycles. The molecule has 0 aliphatic rings. The normalized spacial score (nSPS) is 10.3. The van der Waals surface area contributed by atoms with Crippen LogP contribution in [0.5, 0.6) is 5.75 Å². The molecule has 2 amide bonds. The fourth-order valence-electron chi connectivity index (χ4n) is 2.62. The van der Waals surface area contributed by atoms with Crippen LogP contribution < -0.4 is 15.4 Å². The first-order valence-corrected chi connectivity index (χ1v) is 8.99. The zero-order valence-electron chi connectivity index (χ0n) is 15.7. The lowest BCUT2D eigenvalue weighted by atomic mass is 10.1. The van der Waals surface area contributed by atoms with Crippen molar-refractivity contribution < 1.29 is 18.7 Å². The molecule has 5 nitrogen and oxygen atoms in total. The van der Waals surface area contributed by atoms with Crippen LogP contribution in [0, 0.1) is 5.82 Å². The van der Waals surface area contributed by atoms with Crippen LogP contribution in [-0.2, 0) is 22.6 Å². The lowest BCUT2D eigenvalue weighted by Gasteiger charge is -2.09. The van der Waals surface area contributed by atoms with Crippen LogP contribution in [0.3, 0.4) is 0 Å². The predicted octanol–water partition coefficient (Wildman–Crippen LogP) is 3.82. The summed E-state index contributed by atoms with van der Waals surface area (Å²) >= 11 is 0. The van der Waals surface area contributed by atoms with E-state index in [2.05, 4.69) is 10.6 Å². The number of hydrogen-bond donors (Lipinski definition) is 2. The Bertz CT molecular complexity index is 793. The van der Waals surface area contributed by atoms with Crippen molar-refractivity contribution in [1.29, 1.82) is 0 Å². The highest BCUT2D eigenvalue weighted by Crippen LogP contribution is 2.18. The van der Waals surface area contributed by atoms with Crippen LogP contribution in [0.2, 0.25) is 0 Å². The number of aryl methyl sites for hydroxylation is 1. The second kappa shape index (κ2) is 10.3. The Labute approximate surface area is 158 Å². The number of rotatable bonds is 9. The molecule has 6 heteroatoms. The molecule has 0 aromatic heterocycles. The van der Waals surface area contributed by atoms with Crippen molar-refractivity contribution in [2.75, 3.05) is 12.4 Å². The zero-order valence-corrected chi connectivity index (χ0v) is 15.7. The van der Waals surface area contributed by atoms with Gasteiger partial charge in [-0.3, -0.25) is 9.59 Å². The molecule has 2 aromatic carbocycles. The van der Waals surface area contributed by atoms with Crippen molar-refractivity contribution >= 4 is 17.5 Å². The van der Waals surface area contributed by atoms with Crippen molar-refractivity contribution in [3.8, 4) is 5.75 Å². The van der Waals surface area contributed by atoms with Gasteiger partial charge in [0.2, 0.25) is 11.8 Å². The molecular formula is C21H25FN2O3. The van der Waals surface area contributed by atoms with Crippen LogP contribution in [0.4, 0.5) is 10.1 Å². The number of carbonyl (C=O) groups excluding carboxylic acids is 2. The number of nitrogens with one attached hydrogen (secondary N) is 2. The minimum Gasteiger partial charge on any atom is -0.494 e. The quantitative estimate of drug-likeness (QED) is 0.703. The number of amides is 2. The highest BCUT2D eigenvalue weighted by molar-refractivity contribution is 5.90. The summed E-state index contributed by atoms with van der Waals surface area (Å²) in [7, 11) is 1.41. The lowest BCUT2D eigenvalue weighted by molar-refractivity contribution is -0.121. The van der Waals surface area contributed by atoms with Gasteiger partial charge in [0, 0.05) is 25.1 Å². The Morgan fingerprint density at radius 2 is 1.85 bits per heavy atom. The molecule has 0 unspecified atom stereocenters. The Balaban J connectivity index is 1.81. The molecule has 0 saturated carbocycles. The molecular weight excluding hydrogens is 347 g/mol. The topological polar surface area (TPSA) is 67.4 Å². The van der Waals surface area contributed by atoms with Gasteiger partial charge in [0.1, 0.15) is 0 Å². The molecule has 0 aliphatic carbocycles. The third kappa shape index (κ3) is 6.73. The van der Waals surface area contributed by atoms with Crippen molar-refractivity contribution in [2.24, 2.45) is 0 Å². The maximum absolute atomic E-state index is 13.7. The standard InChI is InChI=1S/C21H25FN2O3/c1-3-5-21(26)24-17-7-4-6-16(12-17)14-23-20(25)11-9-15-8-10-19(27-2)18(22)13-15/h4,6-8,10,12-13H,3,5,9,11,14H2,1-2H3,(H,23,25)(H,24,26). The lowest BCUT2D eigenvalue weighted by Crippen LogP contribution is -2.23. The number of methoxy groups -OCH3 is 1. The van der Waals surface area contributed by atoms with Gasteiger partial charge in [-0.2, -0.15) is 0 Å². The molecule has 144 valence electrons. The van der Waals surface area contributed by atoms with Crippen molar-refractivity contribution in [1.82, 2.24) is 5.32 Å². The number of ether oxygens (including phenoxy) is 1. The number of carbonyl (C=O) groups is 2. The molecule has 2 N–H and O–H groups in total. The van der Waals surface area contributed by atoms with Gasteiger partial charge in [-0.1, -0.05) is 25.1 Å². The van der Waals surface area contributed by atoms with Crippen LogP contribution in [0.1, 0.15) is 37.3 Å². The fraction of sp³-hybridized carbons (Fsp3) is 0.333. The molecule has 0 radical (unpaired) electrons. The molecule has 27 heavy (non-hydrogen) atoms. The average molecular weight is 372 g/mol. The molecule has 0 heterocycles. The van der Waals surface area contributed by atoms with Crippen LogP contribution in [-0.4, -0.2) is 18.9 Å². The van der Waals surface area contributed by atoms with Crippen molar-refractivity contribution in [2.45, 2.75) is 39.2 Å². The average Bonchev–Trinajstić information content (AvgIpc) is 2.65. The Hall–Kier alpha value is -2.89. The summed E-state index contributed by atoms with van der Waals surface area (Å²) in [6, 6.07) is 12.1. The Morgan fingerprint density at radius 1 is 1.04 bits per heavy atom. The first-order valence-electron chi connectivity index (χ1n) is 8.99. The van der Waals surface area contributed by atoms with E-state index >= 15 is 0 Å². The van der Waals surface area contributed by atoms with E-state index in [1.807, 2.05) is 31.2 Å². The summed E-state index contributed by atoms with van der Waals surface area (Å²) in [6.45, 7) is 2.32. The number of benzene rings is 2. The molecule has 0 bridgehead atoms. The van der Waals surface area contributed by atoms with Crippen LogP contribution in [0.25, 0.3) is 0 Å². The monoisotopic (exact) mass is 372 g/mol. The van der Waals surface area contributed by atoms with Gasteiger partial charge in [0.15, 0.2) is 11.6 Å². The molecule has 0 fully saturated rings. The van der Waals surface area contributed by atoms with Crippen LogP contribution >= 0.6 is 0 Å². The molecule has 2 rings (SSSR count). The molecule has 0 atom stereocenters. The first kappa shape index (κ1) is 20.4. The summed E-state index contributed by atoms with van der Waals surface area (Å²) in [5, 5.41) is 5.68. The van der Waals surface area contributed by atoms with Gasteiger partial charge in [-0.25, -0.2) is 4.39 Å². The number of hydrogen-bond acceptors (Lipinski definition) is 3. The first-order chi connectivity index (χ1) is 13.0. The van der Waals surface area contributed by atoms with Gasteiger partial charge in [0.05, 0.1) is 7.11 Å². The van der Waals surface area contributed by atoms with Gasteiger partial charge in [-0.05, 0) is 48.2 Å². The van der Waals surface area contributed by atoms with E-state index in [9.17, 15) is 14.0 Å². The highest BCUT2D eigenvalue weighted by Gasteiger charge is 2.07. The smallest absolute Gasteiger partial charge is 0.224 e. The van der Waals surface area contributed by atoms with Gasteiger partial charge >= 0.3 is 0 Å². The second-order valence-electron chi connectivity index (χ2n) is 6.24. The maximum atomic E-state index is 13.7. The Kier molecular flexibility index (Phi) is 7.79. The van der Waals surface area contributed by atoms with Crippen LogP contribution in [0.15, 0.2) is 42.5 Å². The van der Waals surface area contributed by atoms with E-state index in [1.165, 1.54) is 13.2 Å². The third-order valence-electron chi connectivity index (χ3n) is 4.03. The Morgan fingerprint density at radius 3 is 2.56 bits per heavy atom. The van der Waals surface area contributed by atoms with Gasteiger partial charge < -0.3 is 15.4 Å². The number of anilines is 1. The van der Waals surface area contributed by atoms with E-state index < -0.39 is 5.82 Å². The van der Waals surface area contributed by atoms with E-state index in [-0.39, 0.29) is 24.0 Å². The summed E-state index contributed by atoms with van der Waals surface area (Å²) in [5.41, 5.74) is 2.35. The van der Waals surface area contributed by atoms with Gasteiger partial charge in [0.25, 0.3) is 0 Å². The predicted molar refractivity (Wildman–Crippen MR) is 103 cm³/mol. The zero-order chi connectivity index (χ0) is 19.6. The summed E-state index contributed by atoms with van der Waals surface area (Å²) in [6.07, 6.45) is 1.98. The maximum Gasteiger partial charge on any atom is 0.224 e. The van der Waals surface area contributed by atoms with E-state index in [4.69, 9.17) is 4.74 Å². The minimum atomic E-state index is -0.433.